The van der Waals surface area contributed by atoms with E-state index in [1.807, 2.05) is 0 Å². The van der Waals surface area contributed by atoms with Crippen molar-refractivity contribution in [2.24, 2.45) is 0 Å². The van der Waals surface area contributed by atoms with Crippen LogP contribution in [0, 0.1) is 0 Å². The molecule has 5 nitrogen and oxygen atoms in total. The fourth-order valence-electron chi connectivity index (χ4n) is 1.57. The molecular weight excluding hydrogens is 198 g/mol. The summed E-state index contributed by atoms with van der Waals surface area (Å²) < 4.78 is 15.3. The van der Waals surface area contributed by atoms with Gasteiger partial charge in [0.1, 0.15) is 5.60 Å². The van der Waals surface area contributed by atoms with Gasteiger partial charge in [-0.15, -0.1) is 0 Å². The molecule has 0 spiro atoms. The molecule has 88 valence electrons. The number of carbonyl (C=O) groups is 1. The summed E-state index contributed by atoms with van der Waals surface area (Å²) in [5, 5.41) is 3.18. The van der Waals surface area contributed by atoms with E-state index in [0.717, 1.165) is 13.0 Å². The minimum Gasteiger partial charge on any atom is -0.469 e. The van der Waals surface area contributed by atoms with Gasteiger partial charge in [0.25, 0.3) is 0 Å². The summed E-state index contributed by atoms with van der Waals surface area (Å²) in [6.45, 7) is 2.68. The normalized spacial score (nSPS) is 25.5. The van der Waals surface area contributed by atoms with Crippen LogP contribution in [0.15, 0.2) is 0 Å². The molecule has 0 bridgehead atoms. The first-order chi connectivity index (χ1) is 7.22. The Morgan fingerprint density at radius 3 is 2.87 bits per heavy atom. The van der Waals surface area contributed by atoms with Gasteiger partial charge in [0.05, 0.1) is 20.1 Å². The van der Waals surface area contributed by atoms with Crippen LogP contribution in [-0.4, -0.2) is 52.1 Å². The first-order valence-electron chi connectivity index (χ1n) is 5.13. The van der Waals surface area contributed by atoms with Crippen LogP contribution in [0.5, 0.6) is 0 Å². The molecule has 0 aromatic heterocycles. The summed E-state index contributed by atoms with van der Waals surface area (Å²) in [6.07, 6.45) is 1.28. The monoisotopic (exact) mass is 217 g/mol. The van der Waals surface area contributed by atoms with Crippen molar-refractivity contribution in [1.29, 1.82) is 0 Å². The Kier molecular flexibility index (Phi) is 5.01. The number of ether oxygens (including phenoxy) is 3. The van der Waals surface area contributed by atoms with Gasteiger partial charge < -0.3 is 19.5 Å². The van der Waals surface area contributed by atoms with E-state index < -0.39 is 0 Å². The summed E-state index contributed by atoms with van der Waals surface area (Å²) >= 11 is 0. The van der Waals surface area contributed by atoms with Crippen LogP contribution >= 0.6 is 0 Å². The number of hydrogen-bond donors (Lipinski definition) is 1. The summed E-state index contributed by atoms with van der Waals surface area (Å²) in [5.74, 6) is -0.198. The zero-order chi connectivity index (χ0) is 11.1. The molecule has 0 radical (unpaired) electrons. The SMILES string of the molecule is COC(=O)CCNCC1(OC)CCOC1. The minimum atomic E-state index is -0.212. The Hall–Kier alpha value is -0.650. The van der Waals surface area contributed by atoms with Crippen molar-refractivity contribution in [3.8, 4) is 0 Å². The molecular formula is C10H19NO4. The second kappa shape index (κ2) is 6.05. The van der Waals surface area contributed by atoms with Crippen LogP contribution in [0.25, 0.3) is 0 Å². The predicted octanol–water partition coefficient (Wildman–Crippen LogP) is -0.0554. The van der Waals surface area contributed by atoms with Crippen LogP contribution in [0.1, 0.15) is 12.8 Å². The van der Waals surface area contributed by atoms with E-state index in [4.69, 9.17) is 9.47 Å². The van der Waals surface area contributed by atoms with Crippen molar-refractivity contribution in [2.75, 3.05) is 40.5 Å². The number of methoxy groups -OCH3 is 2. The molecule has 1 N–H and O–H groups in total. The van der Waals surface area contributed by atoms with Crippen molar-refractivity contribution in [2.45, 2.75) is 18.4 Å². The zero-order valence-corrected chi connectivity index (χ0v) is 9.38. The average Bonchev–Trinajstić information content (AvgIpc) is 2.73. The molecule has 1 aliphatic rings. The number of esters is 1. The van der Waals surface area contributed by atoms with Gasteiger partial charge in [-0.25, -0.2) is 0 Å². The van der Waals surface area contributed by atoms with E-state index in [-0.39, 0.29) is 11.6 Å². The predicted molar refractivity (Wildman–Crippen MR) is 54.7 cm³/mol. The van der Waals surface area contributed by atoms with Gasteiger partial charge in [-0.05, 0) is 0 Å². The molecule has 0 aliphatic carbocycles. The van der Waals surface area contributed by atoms with Crippen LogP contribution in [-0.2, 0) is 19.0 Å². The molecule has 15 heavy (non-hydrogen) atoms. The summed E-state index contributed by atoms with van der Waals surface area (Å²) in [7, 11) is 3.08. The van der Waals surface area contributed by atoms with Gasteiger partial charge in [-0.3, -0.25) is 4.79 Å². The molecule has 1 fully saturated rings. The lowest BCUT2D eigenvalue weighted by atomic mass is 10.0. The van der Waals surface area contributed by atoms with Crippen LogP contribution < -0.4 is 5.32 Å². The highest BCUT2D eigenvalue weighted by Gasteiger charge is 2.34. The highest BCUT2D eigenvalue weighted by Crippen LogP contribution is 2.21. The molecule has 0 amide bonds. The highest BCUT2D eigenvalue weighted by molar-refractivity contribution is 5.69. The van der Waals surface area contributed by atoms with E-state index in [1.165, 1.54) is 7.11 Å². The van der Waals surface area contributed by atoms with E-state index in [1.54, 1.807) is 7.11 Å². The van der Waals surface area contributed by atoms with Crippen LogP contribution in [0.2, 0.25) is 0 Å². The van der Waals surface area contributed by atoms with E-state index in [2.05, 4.69) is 10.1 Å². The third-order valence-electron chi connectivity index (χ3n) is 2.68. The quantitative estimate of drug-likeness (QED) is 0.499. The van der Waals surface area contributed by atoms with Crippen molar-refractivity contribution >= 4 is 5.97 Å². The number of rotatable bonds is 6. The number of carbonyl (C=O) groups excluding carboxylic acids is 1. The zero-order valence-electron chi connectivity index (χ0n) is 9.38. The maximum Gasteiger partial charge on any atom is 0.306 e. The van der Waals surface area contributed by atoms with Crippen molar-refractivity contribution in [3.63, 3.8) is 0 Å². The standard InChI is InChI=1S/C10H19NO4/c1-13-9(12)3-5-11-7-10(14-2)4-6-15-8-10/h11H,3-8H2,1-2H3. The first kappa shape index (κ1) is 12.4. The second-order valence-corrected chi connectivity index (χ2v) is 3.69. The van der Waals surface area contributed by atoms with Crippen molar-refractivity contribution in [3.05, 3.63) is 0 Å². The van der Waals surface area contributed by atoms with Gasteiger partial charge in [-0.1, -0.05) is 0 Å². The topological polar surface area (TPSA) is 56.8 Å². The Morgan fingerprint density at radius 2 is 2.33 bits per heavy atom. The minimum absolute atomic E-state index is 0.198. The summed E-state index contributed by atoms with van der Waals surface area (Å²) in [6, 6.07) is 0. The fraction of sp³-hybridized carbons (Fsp3) is 0.900. The summed E-state index contributed by atoms with van der Waals surface area (Å²) in [4.78, 5) is 10.8. The van der Waals surface area contributed by atoms with E-state index in [0.29, 0.717) is 26.1 Å². The second-order valence-electron chi connectivity index (χ2n) is 3.69. The van der Waals surface area contributed by atoms with Crippen molar-refractivity contribution in [1.82, 2.24) is 5.32 Å². The lowest BCUT2D eigenvalue weighted by molar-refractivity contribution is -0.140. The first-order valence-corrected chi connectivity index (χ1v) is 5.13. The molecule has 5 heteroatoms. The van der Waals surface area contributed by atoms with Gasteiger partial charge in [-0.2, -0.15) is 0 Å². The lowest BCUT2D eigenvalue weighted by Crippen LogP contribution is -2.43. The van der Waals surface area contributed by atoms with E-state index in [9.17, 15) is 4.79 Å². The Morgan fingerprint density at radius 1 is 1.53 bits per heavy atom. The smallest absolute Gasteiger partial charge is 0.306 e. The Balaban J connectivity index is 2.15. The number of hydrogen-bond acceptors (Lipinski definition) is 5. The molecule has 0 saturated carbocycles. The fourth-order valence-corrected chi connectivity index (χ4v) is 1.57. The van der Waals surface area contributed by atoms with Crippen molar-refractivity contribution < 1.29 is 19.0 Å². The molecule has 1 rings (SSSR count). The molecule has 0 aromatic carbocycles. The van der Waals surface area contributed by atoms with Gasteiger partial charge >= 0.3 is 5.97 Å². The van der Waals surface area contributed by atoms with Crippen LogP contribution in [0.4, 0.5) is 0 Å². The summed E-state index contributed by atoms with van der Waals surface area (Å²) in [5.41, 5.74) is -0.212. The van der Waals surface area contributed by atoms with Gasteiger partial charge in [0, 0.05) is 33.2 Å². The largest absolute Gasteiger partial charge is 0.469 e. The maximum absolute atomic E-state index is 10.8. The molecule has 0 aromatic rings. The maximum atomic E-state index is 10.8. The molecule has 1 heterocycles. The van der Waals surface area contributed by atoms with Gasteiger partial charge in [0.2, 0.25) is 0 Å². The highest BCUT2D eigenvalue weighted by atomic mass is 16.5. The van der Waals surface area contributed by atoms with Crippen LogP contribution in [0.3, 0.4) is 0 Å². The lowest BCUT2D eigenvalue weighted by Gasteiger charge is -2.25. The molecule has 1 unspecified atom stereocenters. The number of nitrogens with one attached hydrogen (secondary N) is 1. The third-order valence-corrected chi connectivity index (χ3v) is 2.68. The molecule has 1 saturated heterocycles. The molecule has 1 atom stereocenters. The van der Waals surface area contributed by atoms with Gasteiger partial charge in [0.15, 0.2) is 0 Å². The average molecular weight is 217 g/mol. The van der Waals surface area contributed by atoms with E-state index >= 15 is 0 Å². The molecule has 1 aliphatic heterocycles. The Bertz CT molecular complexity index is 202. The third kappa shape index (κ3) is 3.77. The Labute approximate surface area is 90.1 Å².